The van der Waals surface area contributed by atoms with E-state index in [1.165, 1.54) is 19.3 Å². The highest BCUT2D eigenvalue weighted by Crippen LogP contribution is 2.31. The van der Waals surface area contributed by atoms with E-state index in [0.29, 0.717) is 6.54 Å². The van der Waals surface area contributed by atoms with Gasteiger partial charge in [-0.15, -0.1) is 0 Å². The molecule has 1 amide bonds. The Morgan fingerprint density at radius 2 is 2.00 bits per heavy atom. The molecule has 0 radical (unpaired) electrons. The topological polar surface area (TPSA) is 61.8 Å². The van der Waals surface area contributed by atoms with E-state index in [2.05, 4.69) is 16.3 Å². The smallest absolute Gasteiger partial charge is 0.225 e. The number of carbonyl (C=O) groups excluding carboxylic acids is 1. The number of rotatable bonds is 6. The molecule has 2 N–H and O–H groups in total. The highest BCUT2D eigenvalue weighted by Gasteiger charge is 2.32. The van der Waals surface area contributed by atoms with Crippen molar-refractivity contribution in [1.82, 2.24) is 10.2 Å². The highest BCUT2D eigenvalue weighted by atomic mass is 16.5. The Morgan fingerprint density at radius 3 is 2.68 bits per heavy atom. The molecular weight excluding hydrogens is 316 g/mol. The van der Waals surface area contributed by atoms with Crippen LogP contribution in [0, 0.1) is 5.92 Å². The summed E-state index contributed by atoms with van der Waals surface area (Å²) in [5.74, 6) is 0.606. The van der Waals surface area contributed by atoms with Gasteiger partial charge in [0.1, 0.15) is 5.75 Å². The number of hydrogen-bond acceptors (Lipinski definition) is 4. The average molecular weight is 346 g/mol. The van der Waals surface area contributed by atoms with Crippen molar-refractivity contribution in [3.05, 3.63) is 29.8 Å². The maximum absolute atomic E-state index is 12.5. The standard InChI is InChI=1S/C20H30N2O3/c1-25-19-11-4-3-8-15(19)17(22-12-5-2-6-13-22)14-21-20(24)16-9-7-10-18(16)23/h3-4,8,11,16-18,23H,2,5-7,9-10,12-14H2,1H3,(H,21,24). The molecule has 3 atom stereocenters. The van der Waals surface area contributed by atoms with Crippen molar-refractivity contribution < 1.29 is 14.6 Å². The molecule has 1 aromatic rings. The lowest BCUT2D eigenvalue weighted by Crippen LogP contribution is -2.43. The van der Waals surface area contributed by atoms with E-state index in [0.717, 1.165) is 43.7 Å². The molecule has 5 heteroatoms. The molecule has 0 bridgehead atoms. The summed E-state index contributed by atoms with van der Waals surface area (Å²) < 4.78 is 5.56. The van der Waals surface area contributed by atoms with Gasteiger partial charge in [0.25, 0.3) is 0 Å². The predicted octanol–water partition coefficient (Wildman–Crippen LogP) is 2.50. The molecule has 138 valence electrons. The Hall–Kier alpha value is -1.59. The largest absolute Gasteiger partial charge is 0.496 e. The van der Waals surface area contributed by atoms with Gasteiger partial charge in [-0.1, -0.05) is 24.6 Å². The first-order valence-corrected chi connectivity index (χ1v) is 9.53. The first-order valence-electron chi connectivity index (χ1n) is 9.53. The molecule has 1 aliphatic heterocycles. The van der Waals surface area contributed by atoms with E-state index in [-0.39, 0.29) is 17.9 Å². The molecular formula is C20H30N2O3. The summed E-state index contributed by atoms with van der Waals surface area (Å²) in [5, 5.41) is 13.1. The predicted molar refractivity (Wildman–Crippen MR) is 97.5 cm³/mol. The number of nitrogens with one attached hydrogen (secondary N) is 1. The van der Waals surface area contributed by atoms with Crippen LogP contribution in [-0.2, 0) is 4.79 Å². The SMILES string of the molecule is COc1ccccc1C(CNC(=O)C1CCCC1O)N1CCCCC1. The zero-order valence-electron chi connectivity index (χ0n) is 15.1. The van der Waals surface area contributed by atoms with Crippen LogP contribution in [-0.4, -0.2) is 48.8 Å². The number of piperidine rings is 1. The summed E-state index contributed by atoms with van der Waals surface area (Å²) in [4.78, 5) is 15.0. The quantitative estimate of drug-likeness (QED) is 0.831. The number of aliphatic hydroxyl groups is 1. The second-order valence-corrected chi connectivity index (χ2v) is 7.20. The minimum absolute atomic E-state index is 0.0121. The van der Waals surface area contributed by atoms with Crippen LogP contribution in [0.2, 0.25) is 0 Å². The second-order valence-electron chi connectivity index (χ2n) is 7.20. The summed E-state index contributed by atoms with van der Waals surface area (Å²) in [6.45, 7) is 2.65. The van der Waals surface area contributed by atoms with Gasteiger partial charge >= 0.3 is 0 Å². The number of nitrogens with zero attached hydrogens (tertiary/aromatic N) is 1. The number of carbonyl (C=O) groups is 1. The molecule has 25 heavy (non-hydrogen) atoms. The molecule has 0 spiro atoms. The van der Waals surface area contributed by atoms with E-state index in [1.807, 2.05) is 18.2 Å². The molecule has 2 fully saturated rings. The van der Waals surface area contributed by atoms with Gasteiger partial charge in [-0.3, -0.25) is 9.69 Å². The van der Waals surface area contributed by atoms with Gasteiger partial charge in [0.05, 0.1) is 25.2 Å². The molecule has 0 aromatic heterocycles. The Bertz CT molecular complexity index is 572. The van der Waals surface area contributed by atoms with Crippen molar-refractivity contribution in [3.63, 3.8) is 0 Å². The van der Waals surface area contributed by atoms with Crippen molar-refractivity contribution >= 4 is 5.91 Å². The monoisotopic (exact) mass is 346 g/mol. The molecule has 3 unspecified atom stereocenters. The normalized spacial score (nSPS) is 25.5. The molecule has 3 rings (SSSR count). The van der Waals surface area contributed by atoms with Gasteiger partial charge in [-0.05, 0) is 51.3 Å². The Morgan fingerprint density at radius 1 is 1.24 bits per heavy atom. The molecule has 1 heterocycles. The van der Waals surface area contributed by atoms with E-state index < -0.39 is 6.10 Å². The lowest BCUT2D eigenvalue weighted by Gasteiger charge is -2.35. The Labute approximate surface area is 150 Å². The van der Waals surface area contributed by atoms with E-state index >= 15 is 0 Å². The first kappa shape index (κ1) is 18.2. The summed E-state index contributed by atoms with van der Waals surface area (Å²) in [6, 6.07) is 8.18. The van der Waals surface area contributed by atoms with Crippen molar-refractivity contribution in [2.45, 2.75) is 50.7 Å². The van der Waals surface area contributed by atoms with Gasteiger partial charge in [0.15, 0.2) is 0 Å². The van der Waals surface area contributed by atoms with Crippen LogP contribution >= 0.6 is 0 Å². The van der Waals surface area contributed by atoms with Crippen LogP contribution < -0.4 is 10.1 Å². The van der Waals surface area contributed by atoms with Crippen molar-refractivity contribution in [2.75, 3.05) is 26.7 Å². The molecule has 5 nitrogen and oxygen atoms in total. The van der Waals surface area contributed by atoms with E-state index in [4.69, 9.17) is 4.74 Å². The number of ether oxygens (including phenoxy) is 1. The molecule has 1 aliphatic carbocycles. The summed E-state index contributed by atoms with van der Waals surface area (Å²) in [5.41, 5.74) is 1.12. The van der Waals surface area contributed by atoms with Crippen molar-refractivity contribution in [3.8, 4) is 5.75 Å². The lowest BCUT2D eigenvalue weighted by atomic mass is 9.99. The van der Waals surface area contributed by atoms with E-state index in [9.17, 15) is 9.90 Å². The zero-order valence-corrected chi connectivity index (χ0v) is 15.1. The zero-order chi connectivity index (χ0) is 17.6. The van der Waals surface area contributed by atoms with Gasteiger partial charge in [-0.25, -0.2) is 0 Å². The Kier molecular flexibility index (Phi) is 6.32. The van der Waals surface area contributed by atoms with Crippen LogP contribution in [0.4, 0.5) is 0 Å². The number of aliphatic hydroxyl groups excluding tert-OH is 1. The van der Waals surface area contributed by atoms with E-state index in [1.54, 1.807) is 7.11 Å². The number of para-hydroxylation sites is 1. The van der Waals surface area contributed by atoms with Crippen molar-refractivity contribution in [1.29, 1.82) is 0 Å². The number of likely N-dealkylation sites (tertiary alicyclic amines) is 1. The number of benzene rings is 1. The fraction of sp³-hybridized carbons (Fsp3) is 0.650. The van der Waals surface area contributed by atoms with Crippen LogP contribution in [0.1, 0.15) is 50.1 Å². The molecule has 1 aromatic carbocycles. The molecule has 1 saturated heterocycles. The third-order valence-electron chi connectivity index (χ3n) is 5.62. The minimum Gasteiger partial charge on any atom is -0.496 e. The Balaban J connectivity index is 1.73. The van der Waals surface area contributed by atoms with Gasteiger partial charge in [0.2, 0.25) is 5.91 Å². The first-order chi connectivity index (χ1) is 12.2. The fourth-order valence-corrected chi connectivity index (χ4v) is 4.18. The fourth-order valence-electron chi connectivity index (χ4n) is 4.18. The number of amides is 1. The molecule has 1 saturated carbocycles. The summed E-state index contributed by atoms with van der Waals surface area (Å²) in [6.07, 6.45) is 5.63. The maximum Gasteiger partial charge on any atom is 0.225 e. The third-order valence-corrected chi connectivity index (χ3v) is 5.62. The highest BCUT2D eigenvalue weighted by molar-refractivity contribution is 5.79. The lowest BCUT2D eigenvalue weighted by molar-refractivity contribution is -0.127. The van der Waals surface area contributed by atoms with Crippen LogP contribution in [0.25, 0.3) is 0 Å². The summed E-state index contributed by atoms with van der Waals surface area (Å²) in [7, 11) is 1.69. The summed E-state index contributed by atoms with van der Waals surface area (Å²) >= 11 is 0. The average Bonchev–Trinajstić information content (AvgIpc) is 3.09. The van der Waals surface area contributed by atoms with Crippen LogP contribution in [0.5, 0.6) is 5.75 Å². The van der Waals surface area contributed by atoms with Gasteiger partial charge in [-0.2, -0.15) is 0 Å². The number of hydrogen-bond donors (Lipinski definition) is 2. The van der Waals surface area contributed by atoms with Crippen LogP contribution in [0.15, 0.2) is 24.3 Å². The van der Waals surface area contributed by atoms with Gasteiger partial charge in [0, 0.05) is 12.1 Å². The van der Waals surface area contributed by atoms with Crippen LogP contribution in [0.3, 0.4) is 0 Å². The third kappa shape index (κ3) is 4.33. The maximum atomic E-state index is 12.5. The van der Waals surface area contributed by atoms with Crippen molar-refractivity contribution in [2.24, 2.45) is 5.92 Å². The number of methoxy groups -OCH3 is 1. The van der Waals surface area contributed by atoms with Gasteiger partial charge < -0.3 is 15.2 Å². The minimum atomic E-state index is -0.486. The molecule has 2 aliphatic rings. The second kappa shape index (κ2) is 8.68.